The first kappa shape index (κ1) is 11.0. The van der Waals surface area contributed by atoms with E-state index in [9.17, 15) is 9.90 Å². The monoisotopic (exact) mass is 263 g/mol. The number of amides is 1. The Morgan fingerprint density at radius 2 is 1.75 bits per heavy atom. The zero-order valence-corrected chi connectivity index (χ0v) is 10.3. The number of benzene rings is 2. The highest BCUT2D eigenvalue weighted by Crippen LogP contribution is 2.35. The molecule has 1 aromatic heterocycles. The van der Waals surface area contributed by atoms with Gasteiger partial charge < -0.3 is 9.52 Å². The number of carbonyl (C=O) groups is 1. The number of nitrogens with zero attached hydrogens (tertiary/aromatic N) is 1. The number of aromatic hydroxyl groups is 1. The first-order valence-electron chi connectivity index (χ1n) is 6.19. The van der Waals surface area contributed by atoms with Crippen molar-refractivity contribution in [3.8, 4) is 5.95 Å². The third-order valence-electron chi connectivity index (χ3n) is 3.44. The topological polar surface area (TPSA) is 62.8 Å². The Morgan fingerprint density at radius 1 is 1.00 bits per heavy atom. The molecule has 0 saturated carbocycles. The largest absolute Gasteiger partial charge is 0.480 e. The lowest BCUT2D eigenvalue weighted by Gasteiger charge is -1.97. The normalized spacial score (nSPS) is 13.6. The molecule has 4 heteroatoms. The third-order valence-corrected chi connectivity index (χ3v) is 3.44. The molecule has 20 heavy (non-hydrogen) atoms. The van der Waals surface area contributed by atoms with E-state index >= 15 is 0 Å². The van der Waals surface area contributed by atoms with Gasteiger partial charge in [0.15, 0.2) is 0 Å². The summed E-state index contributed by atoms with van der Waals surface area (Å²) in [5.74, 6) is -0.602. The number of hydrogen-bond acceptors (Lipinski definition) is 3. The van der Waals surface area contributed by atoms with Crippen LogP contribution in [0.5, 0.6) is 5.95 Å². The lowest BCUT2D eigenvalue weighted by Crippen LogP contribution is -2.22. The molecule has 2 heterocycles. The molecule has 1 amide bonds. The molecule has 0 bridgehead atoms. The fourth-order valence-electron chi connectivity index (χ4n) is 2.58. The van der Waals surface area contributed by atoms with E-state index < -0.39 is 0 Å². The van der Waals surface area contributed by atoms with Crippen molar-refractivity contribution in [2.45, 2.75) is 0 Å². The van der Waals surface area contributed by atoms with E-state index in [1.807, 2.05) is 36.4 Å². The Hall–Kier alpha value is -2.88. The van der Waals surface area contributed by atoms with Crippen LogP contribution in [0.2, 0.25) is 0 Å². The molecule has 1 aliphatic heterocycles. The SMILES string of the molecule is O=C1N=c2ccccc2=C1c1c(O)oc2ccccc12. The van der Waals surface area contributed by atoms with Gasteiger partial charge in [0, 0.05) is 10.6 Å². The van der Waals surface area contributed by atoms with E-state index in [4.69, 9.17) is 4.42 Å². The van der Waals surface area contributed by atoms with Crippen molar-refractivity contribution < 1.29 is 14.3 Å². The highest BCUT2D eigenvalue weighted by molar-refractivity contribution is 6.24. The number of furan rings is 1. The molecular formula is C16H9NO3. The molecule has 4 nitrogen and oxygen atoms in total. The first-order valence-corrected chi connectivity index (χ1v) is 6.19. The van der Waals surface area contributed by atoms with Gasteiger partial charge in [0.2, 0.25) is 0 Å². The van der Waals surface area contributed by atoms with E-state index in [2.05, 4.69) is 4.99 Å². The lowest BCUT2D eigenvalue weighted by atomic mass is 10.0. The summed E-state index contributed by atoms with van der Waals surface area (Å²) in [5.41, 5.74) is 1.35. The van der Waals surface area contributed by atoms with Crippen LogP contribution >= 0.6 is 0 Å². The summed E-state index contributed by atoms with van der Waals surface area (Å²) in [6.45, 7) is 0. The highest BCUT2D eigenvalue weighted by atomic mass is 16.5. The van der Waals surface area contributed by atoms with Crippen LogP contribution in [-0.2, 0) is 4.79 Å². The minimum Gasteiger partial charge on any atom is -0.480 e. The van der Waals surface area contributed by atoms with Crippen LogP contribution in [-0.4, -0.2) is 11.0 Å². The molecule has 0 spiro atoms. The van der Waals surface area contributed by atoms with Crippen LogP contribution in [0.15, 0.2) is 57.9 Å². The molecule has 2 aromatic carbocycles. The maximum atomic E-state index is 12.2. The average Bonchev–Trinajstić information content (AvgIpc) is 2.94. The quantitative estimate of drug-likeness (QED) is 0.723. The summed E-state index contributed by atoms with van der Waals surface area (Å²) in [4.78, 5) is 16.2. The number of carbonyl (C=O) groups excluding carboxylic acids is 1. The zero-order valence-electron chi connectivity index (χ0n) is 10.3. The van der Waals surface area contributed by atoms with Crippen LogP contribution in [0, 0.1) is 0 Å². The highest BCUT2D eigenvalue weighted by Gasteiger charge is 2.25. The van der Waals surface area contributed by atoms with Gasteiger partial charge in [0.1, 0.15) is 5.58 Å². The molecule has 3 aromatic rings. The van der Waals surface area contributed by atoms with Crippen molar-refractivity contribution in [3.63, 3.8) is 0 Å². The number of para-hydroxylation sites is 2. The average molecular weight is 263 g/mol. The van der Waals surface area contributed by atoms with E-state index in [-0.39, 0.29) is 11.9 Å². The molecule has 0 atom stereocenters. The van der Waals surface area contributed by atoms with Gasteiger partial charge in [-0.15, -0.1) is 0 Å². The Morgan fingerprint density at radius 3 is 2.65 bits per heavy atom. The maximum Gasteiger partial charge on any atom is 0.291 e. The number of hydrogen-bond donors (Lipinski definition) is 1. The fraction of sp³-hybridized carbons (Fsp3) is 0. The zero-order chi connectivity index (χ0) is 13.7. The fourth-order valence-corrected chi connectivity index (χ4v) is 2.58. The summed E-state index contributed by atoms with van der Waals surface area (Å²) < 4.78 is 5.32. The van der Waals surface area contributed by atoms with Crippen molar-refractivity contribution in [1.82, 2.24) is 0 Å². The van der Waals surface area contributed by atoms with E-state index in [0.717, 1.165) is 5.22 Å². The molecule has 0 aliphatic carbocycles. The van der Waals surface area contributed by atoms with Crippen LogP contribution in [0.25, 0.3) is 16.5 Å². The summed E-state index contributed by atoms with van der Waals surface area (Å²) >= 11 is 0. The molecule has 96 valence electrons. The van der Waals surface area contributed by atoms with Crippen molar-refractivity contribution in [3.05, 3.63) is 64.7 Å². The van der Waals surface area contributed by atoms with Gasteiger partial charge in [-0.3, -0.25) is 4.79 Å². The predicted octanol–water partition coefficient (Wildman–Crippen LogP) is 1.50. The molecule has 1 N–H and O–H groups in total. The third kappa shape index (κ3) is 1.36. The van der Waals surface area contributed by atoms with Gasteiger partial charge >= 0.3 is 0 Å². The van der Waals surface area contributed by atoms with Gasteiger partial charge in [-0.05, 0) is 12.1 Å². The second-order valence-electron chi connectivity index (χ2n) is 4.59. The second-order valence-corrected chi connectivity index (χ2v) is 4.59. The standard InChI is InChI=1S/C16H9NO3/c18-15-13(9-5-1-3-7-11(9)17-15)14-10-6-2-4-8-12(10)20-16(14)19/h1-8,19H. The van der Waals surface area contributed by atoms with Crippen LogP contribution < -0.4 is 10.6 Å². The Labute approximate surface area is 113 Å². The summed E-state index contributed by atoms with van der Waals surface area (Å²) in [6.07, 6.45) is 0. The summed E-state index contributed by atoms with van der Waals surface area (Å²) in [6, 6.07) is 14.5. The molecule has 0 saturated heterocycles. The molecule has 0 fully saturated rings. The van der Waals surface area contributed by atoms with E-state index in [1.54, 1.807) is 12.1 Å². The molecular weight excluding hydrogens is 254 g/mol. The summed E-state index contributed by atoms with van der Waals surface area (Å²) in [5, 5.41) is 12.1. The van der Waals surface area contributed by atoms with Gasteiger partial charge in [0.25, 0.3) is 11.9 Å². The molecule has 0 unspecified atom stereocenters. The van der Waals surface area contributed by atoms with Gasteiger partial charge in [-0.25, -0.2) is 4.99 Å². The van der Waals surface area contributed by atoms with Crippen LogP contribution in [0.3, 0.4) is 0 Å². The Bertz CT molecular complexity index is 982. The summed E-state index contributed by atoms with van der Waals surface area (Å²) in [7, 11) is 0. The smallest absolute Gasteiger partial charge is 0.291 e. The minimum absolute atomic E-state index is 0.249. The van der Waals surface area contributed by atoms with Crippen molar-refractivity contribution in [2.75, 3.05) is 0 Å². The van der Waals surface area contributed by atoms with Gasteiger partial charge in [-0.2, -0.15) is 0 Å². The molecule has 0 radical (unpaired) electrons. The molecule has 4 rings (SSSR count). The first-order chi connectivity index (χ1) is 9.75. The Balaban J connectivity index is 2.19. The predicted molar refractivity (Wildman–Crippen MR) is 72.6 cm³/mol. The van der Waals surface area contributed by atoms with E-state index in [0.29, 0.717) is 27.5 Å². The van der Waals surface area contributed by atoms with Gasteiger partial charge in [0.05, 0.1) is 16.5 Å². The minimum atomic E-state index is -0.354. The van der Waals surface area contributed by atoms with Crippen LogP contribution in [0.4, 0.5) is 0 Å². The molecule has 1 aliphatic rings. The lowest BCUT2D eigenvalue weighted by molar-refractivity contribution is -0.112. The number of fused-ring (bicyclic) bond motifs is 2. The Kier molecular flexibility index (Phi) is 2.09. The van der Waals surface area contributed by atoms with Crippen molar-refractivity contribution >= 4 is 22.4 Å². The number of rotatable bonds is 1. The van der Waals surface area contributed by atoms with E-state index in [1.165, 1.54) is 0 Å². The van der Waals surface area contributed by atoms with Crippen molar-refractivity contribution in [1.29, 1.82) is 0 Å². The van der Waals surface area contributed by atoms with Crippen LogP contribution in [0.1, 0.15) is 5.56 Å². The van der Waals surface area contributed by atoms with Crippen molar-refractivity contribution in [2.24, 2.45) is 4.99 Å². The van der Waals surface area contributed by atoms with Gasteiger partial charge in [-0.1, -0.05) is 36.4 Å². The maximum absolute atomic E-state index is 12.2. The second kappa shape index (κ2) is 3.81.